The molecule has 0 saturated heterocycles. The monoisotopic (exact) mass is 423 g/mol. The molecule has 1 aromatic heterocycles. The van der Waals surface area contributed by atoms with Gasteiger partial charge in [-0.15, -0.1) is 11.3 Å². The van der Waals surface area contributed by atoms with E-state index in [1.165, 1.54) is 11.3 Å². The second-order valence-electron chi connectivity index (χ2n) is 6.55. The van der Waals surface area contributed by atoms with Crippen LogP contribution in [0.25, 0.3) is 0 Å². The quantitative estimate of drug-likeness (QED) is 0.755. The fourth-order valence-electron chi connectivity index (χ4n) is 2.97. The van der Waals surface area contributed by atoms with Gasteiger partial charge in [0.1, 0.15) is 16.8 Å². The van der Waals surface area contributed by atoms with E-state index in [4.69, 9.17) is 27.9 Å². The number of anilines is 1. The third-order valence-electron chi connectivity index (χ3n) is 4.43. The zero-order valence-corrected chi connectivity index (χ0v) is 17.3. The molecule has 0 spiro atoms. The topological polar surface area (TPSA) is 65.4 Å². The lowest BCUT2D eigenvalue weighted by Crippen LogP contribution is -2.35. The molecule has 5 nitrogen and oxygen atoms in total. The maximum absolute atomic E-state index is 12.3. The molecule has 8 heteroatoms. The van der Waals surface area contributed by atoms with Crippen molar-refractivity contribution in [3.63, 3.8) is 0 Å². The lowest BCUT2D eigenvalue weighted by molar-refractivity contribution is -0.118. The summed E-state index contributed by atoms with van der Waals surface area (Å²) < 4.78 is 5.46. The molecular formula is C19H19Cl2N3O2S. The first-order chi connectivity index (χ1) is 12.9. The minimum atomic E-state index is -0.336. The van der Waals surface area contributed by atoms with Crippen LogP contribution in [0.3, 0.4) is 0 Å². The highest BCUT2D eigenvalue weighted by atomic mass is 35.5. The van der Waals surface area contributed by atoms with Gasteiger partial charge in [0.25, 0.3) is 5.91 Å². The van der Waals surface area contributed by atoms with Crippen LogP contribution < -0.4 is 10.1 Å². The number of nitrogens with one attached hydrogen (secondary N) is 1. The first kappa shape index (κ1) is 20.0. The van der Waals surface area contributed by atoms with E-state index in [1.807, 2.05) is 0 Å². The molecule has 0 aliphatic carbocycles. The van der Waals surface area contributed by atoms with Gasteiger partial charge in [-0.25, -0.2) is 0 Å². The first-order valence-electron chi connectivity index (χ1n) is 8.55. The van der Waals surface area contributed by atoms with Crippen molar-refractivity contribution in [2.24, 2.45) is 0 Å². The van der Waals surface area contributed by atoms with Crippen molar-refractivity contribution >= 4 is 45.4 Å². The Labute approximate surface area is 172 Å². The van der Waals surface area contributed by atoms with Gasteiger partial charge < -0.3 is 10.1 Å². The fourth-order valence-corrected chi connectivity index (χ4v) is 4.67. The molecule has 142 valence electrons. The molecule has 1 aliphatic heterocycles. The summed E-state index contributed by atoms with van der Waals surface area (Å²) in [6.07, 6.45) is 0.819. The number of benzene rings is 1. The highest BCUT2D eigenvalue weighted by Gasteiger charge is 2.26. The predicted molar refractivity (Wildman–Crippen MR) is 109 cm³/mol. The minimum absolute atomic E-state index is 0.201. The summed E-state index contributed by atoms with van der Waals surface area (Å²) in [5, 5.41) is 13.8. The van der Waals surface area contributed by atoms with Gasteiger partial charge >= 0.3 is 0 Å². The molecule has 27 heavy (non-hydrogen) atoms. The average molecular weight is 424 g/mol. The lowest BCUT2D eigenvalue weighted by Gasteiger charge is -2.30. The Hall–Kier alpha value is -1.78. The number of carbonyl (C=O) groups excluding carboxylic acids is 1. The van der Waals surface area contributed by atoms with Crippen molar-refractivity contribution in [1.82, 2.24) is 4.90 Å². The Morgan fingerprint density at radius 2 is 2.22 bits per heavy atom. The Kier molecular flexibility index (Phi) is 6.28. The zero-order valence-electron chi connectivity index (χ0n) is 15.0. The number of hydrogen-bond donors (Lipinski definition) is 1. The molecule has 1 N–H and O–H groups in total. The number of thiophene rings is 1. The van der Waals surface area contributed by atoms with Gasteiger partial charge in [0.15, 0.2) is 6.61 Å². The summed E-state index contributed by atoms with van der Waals surface area (Å²) in [6.45, 7) is 5.84. The molecule has 0 fully saturated rings. The molecule has 1 amide bonds. The molecule has 1 aliphatic rings. The van der Waals surface area contributed by atoms with Gasteiger partial charge in [0.2, 0.25) is 0 Å². The maximum atomic E-state index is 12.3. The van der Waals surface area contributed by atoms with Crippen LogP contribution in [0, 0.1) is 11.3 Å². The summed E-state index contributed by atoms with van der Waals surface area (Å²) >= 11 is 13.4. The van der Waals surface area contributed by atoms with Crippen LogP contribution in [0.4, 0.5) is 5.00 Å². The SMILES string of the molecule is CC(C)N1CCc2c(sc(NC(=O)COc3ccc(Cl)cc3Cl)c2C#N)C1. The van der Waals surface area contributed by atoms with Crippen LogP contribution in [0.5, 0.6) is 5.75 Å². The number of halogens is 2. The van der Waals surface area contributed by atoms with E-state index < -0.39 is 0 Å². The summed E-state index contributed by atoms with van der Waals surface area (Å²) in [4.78, 5) is 15.8. The summed E-state index contributed by atoms with van der Waals surface area (Å²) in [7, 11) is 0. The number of carbonyl (C=O) groups is 1. The van der Waals surface area contributed by atoms with Crippen LogP contribution in [0.1, 0.15) is 29.9 Å². The van der Waals surface area contributed by atoms with Gasteiger partial charge in [-0.05, 0) is 44.0 Å². The number of rotatable bonds is 5. The number of fused-ring (bicyclic) bond motifs is 1. The Balaban J connectivity index is 1.68. The van der Waals surface area contributed by atoms with Gasteiger partial charge in [-0.1, -0.05) is 23.2 Å². The summed E-state index contributed by atoms with van der Waals surface area (Å²) in [5.41, 5.74) is 1.62. The van der Waals surface area contributed by atoms with Crippen LogP contribution >= 0.6 is 34.5 Å². The van der Waals surface area contributed by atoms with Crippen LogP contribution in [0.15, 0.2) is 18.2 Å². The van der Waals surface area contributed by atoms with E-state index >= 15 is 0 Å². The molecule has 1 aromatic carbocycles. The second-order valence-corrected chi connectivity index (χ2v) is 8.49. The molecule has 0 unspecified atom stereocenters. The highest BCUT2D eigenvalue weighted by Crippen LogP contribution is 2.37. The smallest absolute Gasteiger partial charge is 0.262 e. The molecule has 3 rings (SSSR count). The zero-order chi connectivity index (χ0) is 19.6. The fraction of sp³-hybridized carbons (Fsp3) is 0.368. The van der Waals surface area contributed by atoms with Crippen molar-refractivity contribution in [3.05, 3.63) is 44.2 Å². The molecular weight excluding hydrogens is 405 g/mol. The van der Waals surface area contributed by atoms with Crippen molar-refractivity contribution in [2.45, 2.75) is 32.9 Å². The van der Waals surface area contributed by atoms with E-state index in [0.717, 1.165) is 30.0 Å². The summed E-state index contributed by atoms with van der Waals surface area (Å²) in [6, 6.07) is 7.50. The molecule has 2 aromatic rings. The first-order valence-corrected chi connectivity index (χ1v) is 10.1. The third-order valence-corrected chi connectivity index (χ3v) is 6.10. The standard InChI is InChI=1S/C19H19Cl2N3O2S/c1-11(2)24-6-5-13-14(8-22)19(27-17(13)9-24)23-18(25)10-26-16-4-3-12(20)7-15(16)21/h3-4,7,11H,5-6,9-10H2,1-2H3,(H,23,25). The van der Waals surface area contributed by atoms with E-state index in [0.29, 0.717) is 32.4 Å². The van der Waals surface area contributed by atoms with Gasteiger partial charge in [0, 0.05) is 29.0 Å². The van der Waals surface area contributed by atoms with E-state index in [-0.39, 0.29) is 12.5 Å². The summed E-state index contributed by atoms with van der Waals surface area (Å²) in [5.74, 6) is 0.0478. The normalized spacial score (nSPS) is 13.9. The number of ether oxygens (including phenoxy) is 1. The van der Waals surface area contributed by atoms with E-state index in [1.54, 1.807) is 18.2 Å². The van der Waals surface area contributed by atoms with Crippen molar-refractivity contribution < 1.29 is 9.53 Å². The number of amides is 1. The predicted octanol–water partition coefficient (Wildman–Crippen LogP) is 4.71. The molecule has 0 radical (unpaired) electrons. The third kappa shape index (κ3) is 4.56. The largest absolute Gasteiger partial charge is 0.482 e. The van der Waals surface area contributed by atoms with E-state index in [2.05, 4.69) is 30.1 Å². The van der Waals surface area contributed by atoms with Gasteiger partial charge in [0.05, 0.1) is 10.6 Å². The molecule has 0 saturated carbocycles. The number of nitriles is 1. The van der Waals surface area contributed by atoms with Crippen LogP contribution in [0.2, 0.25) is 10.0 Å². The van der Waals surface area contributed by atoms with Crippen LogP contribution in [-0.2, 0) is 17.8 Å². The number of hydrogen-bond acceptors (Lipinski definition) is 5. The number of nitrogens with zero attached hydrogens (tertiary/aromatic N) is 2. The van der Waals surface area contributed by atoms with Gasteiger partial charge in [-0.3, -0.25) is 9.69 Å². The molecule has 2 heterocycles. The Bertz CT molecular complexity index is 905. The molecule has 0 bridgehead atoms. The maximum Gasteiger partial charge on any atom is 0.262 e. The van der Waals surface area contributed by atoms with Gasteiger partial charge in [-0.2, -0.15) is 5.26 Å². The minimum Gasteiger partial charge on any atom is -0.482 e. The highest BCUT2D eigenvalue weighted by molar-refractivity contribution is 7.16. The van der Waals surface area contributed by atoms with E-state index in [9.17, 15) is 10.1 Å². The Morgan fingerprint density at radius 1 is 1.44 bits per heavy atom. The molecule has 0 atom stereocenters. The van der Waals surface area contributed by atoms with Crippen molar-refractivity contribution in [3.8, 4) is 11.8 Å². The van der Waals surface area contributed by atoms with Crippen molar-refractivity contribution in [1.29, 1.82) is 5.26 Å². The van der Waals surface area contributed by atoms with Crippen LogP contribution in [-0.4, -0.2) is 30.0 Å². The second kappa shape index (κ2) is 8.49. The van der Waals surface area contributed by atoms with Crippen molar-refractivity contribution in [2.75, 3.05) is 18.5 Å². The lowest BCUT2D eigenvalue weighted by atomic mass is 10.0. The Morgan fingerprint density at radius 3 is 2.89 bits per heavy atom. The average Bonchev–Trinajstić information content (AvgIpc) is 2.96.